The molecule has 0 aromatic carbocycles. The summed E-state index contributed by atoms with van der Waals surface area (Å²) in [5, 5.41) is 0.393. The summed E-state index contributed by atoms with van der Waals surface area (Å²) in [4.78, 5) is 8.42. The maximum atomic E-state index is 5.83. The summed E-state index contributed by atoms with van der Waals surface area (Å²) in [6, 6.07) is 0. The largest absolute Gasteiger partial charge is 0.226 e. The van der Waals surface area contributed by atoms with Gasteiger partial charge in [0.25, 0.3) is 0 Å². The van der Waals surface area contributed by atoms with E-state index in [9.17, 15) is 0 Å². The van der Waals surface area contributed by atoms with Crippen molar-refractivity contribution in [3.05, 3.63) is 22.7 Å². The Bertz CT molecular complexity index is 319. The van der Waals surface area contributed by atoms with Crippen molar-refractivity contribution in [1.82, 2.24) is 9.97 Å². The van der Waals surface area contributed by atoms with E-state index in [1.165, 1.54) is 36.9 Å². The average Bonchev–Trinajstić information content (AvgIpc) is 2.70. The van der Waals surface area contributed by atoms with Gasteiger partial charge in [-0.3, -0.25) is 0 Å². The van der Waals surface area contributed by atoms with Crippen molar-refractivity contribution >= 4 is 11.6 Å². The lowest BCUT2D eigenvalue weighted by Gasteiger charge is -2.12. The highest BCUT2D eigenvalue weighted by Gasteiger charge is 2.21. The molecule has 1 heterocycles. The third-order valence-electron chi connectivity index (χ3n) is 2.99. The van der Waals surface area contributed by atoms with Gasteiger partial charge in [-0.1, -0.05) is 19.8 Å². The molecule has 0 N–H and O–H groups in total. The molecule has 1 aliphatic carbocycles. The fourth-order valence-electron chi connectivity index (χ4n) is 2.22. The summed E-state index contributed by atoms with van der Waals surface area (Å²) in [6.45, 7) is 2.14. The maximum Gasteiger partial charge on any atom is 0.222 e. The first kappa shape index (κ1) is 9.91. The molecule has 0 bridgehead atoms. The van der Waals surface area contributed by atoms with Crippen LogP contribution in [0.2, 0.25) is 5.28 Å². The first-order chi connectivity index (χ1) is 6.81. The highest BCUT2D eigenvalue weighted by atomic mass is 35.5. The summed E-state index contributed by atoms with van der Waals surface area (Å²) in [7, 11) is 0. The molecule has 0 amide bonds. The zero-order chi connectivity index (χ0) is 9.97. The summed E-state index contributed by atoms with van der Waals surface area (Å²) in [6.07, 6.45) is 8.07. The van der Waals surface area contributed by atoms with Crippen LogP contribution in [0.3, 0.4) is 0 Å². The van der Waals surface area contributed by atoms with Crippen molar-refractivity contribution in [2.45, 2.75) is 44.9 Å². The van der Waals surface area contributed by atoms with E-state index in [2.05, 4.69) is 16.9 Å². The lowest BCUT2D eigenvalue weighted by molar-refractivity contribution is 0.681. The van der Waals surface area contributed by atoms with Crippen LogP contribution in [-0.2, 0) is 6.42 Å². The number of rotatable bonds is 2. The predicted molar refractivity (Wildman–Crippen MR) is 57.6 cm³/mol. The molecule has 2 rings (SSSR count). The van der Waals surface area contributed by atoms with E-state index in [0.29, 0.717) is 11.2 Å². The van der Waals surface area contributed by atoms with Crippen molar-refractivity contribution in [2.75, 3.05) is 0 Å². The Labute approximate surface area is 89.7 Å². The summed E-state index contributed by atoms with van der Waals surface area (Å²) in [5.41, 5.74) is 2.46. The van der Waals surface area contributed by atoms with Crippen LogP contribution in [0.5, 0.6) is 0 Å². The number of aromatic nitrogens is 2. The third kappa shape index (κ3) is 1.90. The number of aryl methyl sites for hydroxylation is 1. The molecule has 0 spiro atoms. The Balaban J connectivity index is 2.33. The molecule has 14 heavy (non-hydrogen) atoms. The molecule has 0 aliphatic heterocycles. The lowest BCUT2D eigenvalue weighted by atomic mass is 9.98. The van der Waals surface area contributed by atoms with Gasteiger partial charge in [0.05, 0.1) is 5.69 Å². The van der Waals surface area contributed by atoms with Gasteiger partial charge < -0.3 is 0 Å². The fraction of sp³-hybridized carbons (Fsp3) is 0.636. The van der Waals surface area contributed by atoms with Gasteiger partial charge in [0.2, 0.25) is 5.28 Å². The Morgan fingerprint density at radius 2 is 2.14 bits per heavy atom. The van der Waals surface area contributed by atoms with Crippen LogP contribution < -0.4 is 0 Å². The van der Waals surface area contributed by atoms with Gasteiger partial charge in [-0.05, 0) is 36.4 Å². The van der Waals surface area contributed by atoms with Crippen LogP contribution in [0.1, 0.15) is 49.8 Å². The van der Waals surface area contributed by atoms with Crippen molar-refractivity contribution < 1.29 is 0 Å². The Kier molecular flexibility index (Phi) is 3.02. The quantitative estimate of drug-likeness (QED) is 0.700. The van der Waals surface area contributed by atoms with E-state index in [4.69, 9.17) is 11.6 Å². The highest BCUT2D eigenvalue weighted by Crippen LogP contribution is 2.34. The van der Waals surface area contributed by atoms with Crippen molar-refractivity contribution in [2.24, 2.45) is 0 Å². The zero-order valence-electron chi connectivity index (χ0n) is 8.46. The molecular formula is C11H15ClN2. The molecule has 0 radical (unpaired) electrons. The topological polar surface area (TPSA) is 25.8 Å². The molecule has 3 heteroatoms. The highest BCUT2D eigenvalue weighted by molar-refractivity contribution is 6.28. The maximum absolute atomic E-state index is 5.83. The molecule has 1 aliphatic rings. The number of nitrogens with zero attached hydrogens (tertiary/aromatic N) is 2. The summed E-state index contributed by atoms with van der Waals surface area (Å²) < 4.78 is 0. The Morgan fingerprint density at radius 1 is 1.43 bits per heavy atom. The molecule has 1 aromatic heterocycles. The Hall–Kier alpha value is -0.630. The lowest BCUT2D eigenvalue weighted by Crippen LogP contribution is -2.03. The molecule has 0 saturated heterocycles. The monoisotopic (exact) mass is 210 g/mol. The van der Waals surface area contributed by atoms with Crippen LogP contribution in [-0.4, -0.2) is 9.97 Å². The van der Waals surface area contributed by atoms with E-state index in [0.717, 1.165) is 6.42 Å². The van der Waals surface area contributed by atoms with Gasteiger partial charge in [0, 0.05) is 12.1 Å². The molecule has 0 unspecified atom stereocenters. The van der Waals surface area contributed by atoms with Gasteiger partial charge in [0.1, 0.15) is 0 Å². The van der Waals surface area contributed by atoms with E-state index in [1.807, 2.05) is 6.20 Å². The van der Waals surface area contributed by atoms with Gasteiger partial charge in [0.15, 0.2) is 0 Å². The molecule has 1 saturated carbocycles. The minimum atomic E-state index is 0.393. The standard InChI is InChI=1S/C11H15ClN2/c1-2-8-7-13-11(12)14-10(8)9-5-3-4-6-9/h7,9H,2-6H2,1H3. The first-order valence-corrected chi connectivity index (χ1v) is 5.70. The van der Waals surface area contributed by atoms with Crippen LogP contribution in [0.4, 0.5) is 0 Å². The Morgan fingerprint density at radius 3 is 2.79 bits per heavy atom. The van der Waals surface area contributed by atoms with Crippen LogP contribution in [0.25, 0.3) is 0 Å². The normalized spacial score (nSPS) is 17.6. The van der Waals surface area contributed by atoms with Gasteiger partial charge >= 0.3 is 0 Å². The minimum absolute atomic E-state index is 0.393. The van der Waals surface area contributed by atoms with Crippen molar-refractivity contribution in [3.63, 3.8) is 0 Å². The number of halogens is 1. The predicted octanol–water partition coefficient (Wildman–Crippen LogP) is 3.35. The minimum Gasteiger partial charge on any atom is -0.226 e. The van der Waals surface area contributed by atoms with E-state index in [1.54, 1.807) is 0 Å². The molecule has 1 aromatic rings. The second kappa shape index (κ2) is 4.26. The summed E-state index contributed by atoms with van der Waals surface area (Å²) >= 11 is 5.83. The SMILES string of the molecule is CCc1cnc(Cl)nc1C1CCCC1. The van der Waals surface area contributed by atoms with E-state index in [-0.39, 0.29) is 0 Å². The second-order valence-corrected chi connectivity index (χ2v) is 4.22. The molecule has 1 fully saturated rings. The van der Waals surface area contributed by atoms with E-state index < -0.39 is 0 Å². The average molecular weight is 211 g/mol. The van der Waals surface area contributed by atoms with Gasteiger partial charge in [-0.2, -0.15) is 0 Å². The van der Waals surface area contributed by atoms with Gasteiger partial charge in [-0.25, -0.2) is 9.97 Å². The van der Waals surface area contributed by atoms with Crippen LogP contribution in [0.15, 0.2) is 6.20 Å². The molecular weight excluding hydrogens is 196 g/mol. The van der Waals surface area contributed by atoms with Crippen molar-refractivity contribution in [3.8, 4) is 0 Å². The van der Waals surface area contributed by atoms with Crippen molar-refractivity contribution in [1.29, 1.82) is 0 Å². The van der Waals surface area contributed by atoms with E-state index >= 15 is 0 Å². The number of hydrogen-bond donors (Lipinski definition) is 0. The molecule has 0 atom stereocenters. The third-order valence-corrected chi connectivity index (χ3v) is 3.17. The second-order valence-electron chi connectivity index (χ2n) is 3.88. The smallest absolute Gasteiger partial charge is 0.222 e. The zero-order valence-corrected chi connectivity index (χ0v) is 9.22. The van der Waals surface area contributed by atoms with Gasteiger partial charge in [-0.15, -0.1) is 0 Å². The fourth-order valence-corrected chi connectivity index (χ4v) is 2.36. The number of hydrogen-bond acceptors (Lipinski definition) is 2. The molecule has 2 nitrogen and oxygen atoms in total. The van der Waals surface area contributed by atoms with Crippen LogP contribution in [0, 0.1) is 0 Å². The van der Waals surface area contributed by atoms with Crippen LogP contribution >= 0.6 is 11.6 Å². The summed E-state index contributed by atoms with van der Waals surface area (Å²) in [5.74, 6) is 0.630. The molecule has 76 valence electrons. The first-order valence-electron chi connectivity index (χ1n) is 5.32.